The van der Waals surface area contributed by atoms with Gasteiger partial charge in [0.1, 0.15) is 6.04 Å². The number of carbonyl (C=O) groups is 1. The molecule has 1 aromatic rings. The molecule has 0 saturated carbocycles. The minimum atomic E-state index is -5.26. The summed E-state index contributed by atoms with van der Waals surface area (Å²) in [5, 5.41) is 8.84. The highest BCUT2D eigenvalue weighted by Gasteiger charge is 2.39. The molecular weight excluding hydrogens is 337 g/mol. The lowest BCUT2D eigenvalue weighted by atomic mass is 10.2. The second-order valence-corrected chi connectivity index (χ2v) is 6.12. The number of aliphatic carboxylic acids is 1. The maximum absolute atomic E-state index is 13.6. The van der Waals surface area contributed by atoms with Crippen LogP contribution in [0.15, 0.2) is 4.90 Å². The molecule has 0 bridgehead atoms. The van der Waals surface area contributed by atoms with E-state index in [2.05, 4.69) is 0 Å². The van der Waals surface area contributed by atoms with Crippen molar-refractivity contribution in [1.29, 1.82) is 0 Å². The first-order valence-electron chi connectivity index (χ1n) is 5.70. The summed E-state index contributed by atoms with van der Waals surface area (Å²) >= 11 is 0. The standard InChI is InChI=1S/C11H10F5NO4S/c1-3-4(11(18)19)17(2)22(20,21)10-8(15)6(13)5(12)7(14)9(10)16/h4H,3H2,1-2H3,(H,18,19)/t4-/m0/s1. The first-order chi connectivity index (χ1) is 9.98. The van der Waals surface area contributed by atoms with Crippen LogP contribution in [0.1, 0.15) is 13.3 Å². The lowest BCUT2D eigenvalue weighted by Gasteiger charge is -2.23. The van der Waals surface area contributed by atoms with Crippen LogP contribution in [0.2, 0.25) is 0 Å². The number of halogens is 5. The molecule has 124 valence electrons. The van der Waals surface area contributed by atoms with Crippen molar-refractivity contribution < 1.29 is 40.3 Å². The number of likely N-dealkylation sites (N-methyl/N-ethyl adjacent to an activating group) is 1. The molecule has 11 heteroatoms. The van der Waals surface area contributed by atoms with Crippen LogP contribution in [0.3, 0.4) is 0 Å². The topological polar surface area (TPSA) is 74.7 Å². The lowest BCUT2D eigenvalue weighted by Crippen LogP contribution is -2.42. The first kappa shape index (κ1) is 18.3. The Hall–Kier alpha value is -1.75. The number of rotatable bonds is 5. The Balaban J connectivity index is 3.64. The number of carboxylic acid groups (broad SMARTS) is 1. The van der Waals surface area contributed by atoms with E-state index in [-0.39, 0.29) is 10.7 Å². The molecule has 0 aliphatic carbocycles. The average molecular weight is 347 g/mol. The van der Waals surface area contributed by atoms with Gasteiger partial charge in [-0.05, 0) is 6.42 Å². The van der Waals surface area contributed by atoms with Crippen LogP contribution < -0.4 is 0 Å². The molecule has 0 fully saturated rings. The third-order valence-electron chi connectivity index (χ3n) is 2.92. The first-order valence-corrected chi connectivity index (χ1v) is 7.14. The fourth-order valence-corrected chi connectivity index (χ4v) is 3.20. The molecule has 1 aromatic carbocycles. The Morgan fingerprint density at radius 1 is 1.05 bits per heavy atom. The minimum Gasteiger partial charge on any atom is -0.480 e. The van der Waals surface area contributed by atoms with Crippen LogP contribution in [0.25, 0.3) is 0 Å². The number of hydrogen-bond donors (Lipinski definition) is 1. The summed E-state index contributed by atoms with van der Waals surface area (Å²) < 4.78 is 90.2. The molecule has 0 heterocycles. The predicted molar refractivity (Wildman–Crippen MR) is 62.9 cm³/mol. The Morgan fingerprint density at radius 2 is 1.41 bits per heavy atom. The zero-order chi connectivity index (χ0) is 17.4. The van der Waals surface area contributed by atoms with Crippen LogP contribution in [0.4, 0.5) is 22.0 Å². The third-order valence-corrected chi connectivity index (χ3v) is 4.80. The van der Waals surface area contributed by atoms with Crippen molar-refractivity contribution >= 4 is 16.0 Å². The van der Waals surface area contributed by atoms with Crippen molar-refractivity contribution in [2.45, 2.75) is 24.3 Å². The monoisotopic (exact) mass is 347 g/mol. The quantitative estimate of drug-likeness (QED) is 0.501. The van der Waals surface area contributed by atoms with Gasteiger partial charge in [0.15, 0.2) is 28.2 Å². The number of nitrogens with zero attached hydrogens (tertiary/aromatic N) is 1. The fourth-order valence-electron chi connectivity index (χ4n) is 1.71. The van der Waals surface area contributed by atoms with E-state index < -0.39 is 56.0 Å². The minimum absolute atomic E-state index is 0.0353. The molecule has 1 atom stereocenters. The number of sulfonamides is 1. The molecular formula is C11H10F5NO4S. The van der Waals surface area contributed by atoms with Crippen LogP contribution in [0.5, 0.6) is 0 Å². The number of carboxylic acids is 1. The highest BCUT2D eigenvalue weighted by atomic mass is 32.2. The van der Waals surface area contributed by atoms with E-state index in [1.54, 1.807) is 0 Å². The molecule has 5 nitrogen and oxygen atoms in total. The Morgan fingerprint density at radius 3 is 1.73 bits per heavy atom. The number of hydrogen-bond acceptors (Lipinski definition) is 3. The second kappa shape index (κ2) is 6.16. The van der Waals surface area contributed by atoms with Crippen molar-refractivity contribution in [1.82, 2.24) is 4.31 Å². The van der Waals surface area contributed by atoms with Crippen LogP contribution in [-0.2, 0) is 14.8 Å². The van der Waals surface area contributed by atoms with Crippen LogP contribution >= 0.6 is 0 Å². The maximum Gasteiger partial charge on any atom is 0.321 e. The van der Waals surface area contributed by atoms with E-state index in [0.29, 0.717) is 7.05 Å². The summed E-state index contributed by atoms with van der Waals surface area (Å²) in [5.41, 5.74) is 0. The summed E-state index contributed by atoms with van der Waals surface area (Å²) in [4.78, 5) is 8.81. The van der Waals surface area contributed by atoms with E-state index in [1.165, 1.54) is 6.92 Å². The molecule has 0 aliphatic rings. The van der Waals surface area contributed by atoms with Gasteiger partial charge in [-0.2, -0.15) is 4.31 Å². The third kappa shape index (κ3) is 2.77. The molecule has 0 aliphatic heterocycles. The van der Waals surface area contributed by atoms with E-state index in [4.69, 9.17) is 5.11 Å². The normalized spacial score (nSPS) is 13.5. The van der Waals surface area contributed by atoms with E-state index >= 15 is 0 Å². The second-order valence-electron chi connectivity index (χ2n) is 4.18. The van der Waals surface area contributed by atoms with E-state index in [9.17, 15) is 35.2 Å². The van der Waals surface area contributed by atoms with Gasteiger partial charge in [0.2, 0.25) is 15.8 Å². The van der Waals surface area contributed by atoms with Gasteiger partial charge in [-0.3, -0.25) is 4.79 Å². The van der Waals surface area contributed by atoms with Gasteiger partial charge in [0, 0.05) is 7.05 Å². The molecule has 0 unspecified atom stereocenters. The van der Waals surface area contributed by atoms with Crippen molar-refractivity contribution in [3.8, 4) is 0 Å². The zero-order valence-corrected chi connectivity index (χ0v) is 12.0. The Kier molecular flexibility index (Phi) is 5.13. The molecule has 0 spiro atoms. The SMILES string of the molecule is CC[C@@H](C(=O)O)N(C)S(=O)(=O)c1c(F)c(F)c(F)c(F)c1F. The van der Waals surface area contributed by atoms with Crippen molar-refractivity contribution in [2.75, 3.05) is 7.05 Å². The summed E-state index contributed by atoms with van der Waals surface area (Å²) in [7, 11) is -4.60. The molecule has 1 rings (SSSR count). The summed E-state index contributed by atoms with van der Waals surface area (Å²) in [6, 6.07) is -1.74. The van der Waals surface area contributed by atoms with Gasteiger partial charge in [-0.25, -0.2) is 30.4 Å². The average Bonchev–Trinajstić information content (AvgIpc) is 2.43. The van der Waals surface area contributed by atoms with Gasteiger partial charge >= 0.3 is 5.97 Å². The highest BCUT2D eigenvalue weighted by Crippen LogP contribution is 2.29. The lowest BCUT2D eigenvalue weighted by molar-refractivity contribution is -0.141. The molecule has 0 amide bonds. The molecule has 1 N–H and O–H groups in total. The Labute approximate surface area is 122 Å². The fraction of sp³-hybridized carbons (Fsp3) is 0.364. The Bertz CT molecular complexity index is 693. The van der Waals surface area contributed by atoms with E-state index in [1.807, 2.05) is 0 Å². The summed E-state index contributed by atoms with van der Waals surface area (Å²) in [6.45, 7) is 1.27. The van der Waals surface area contributed by atoms with Gasteiger partial charge in [0.05, 0.1) is 0 Å². The molecule has 0 radical (unpaired) electrons. The molecule has 0 aromatic heterocycles. The van der Waals surface area contributed by atoms with Crippen molar-refractivity contribution in [2.24, 2.45) is 0 Å². The van der Waals surface area contributed by atoms with Crippen LogP contribution in [0, 0.1) is 29.1 Å². The molecule has 0 saturated heterocycles. The predicted octanol–water partition coefficient (Wildman–Crippen LogP) is 1.87. The molecule has 22 heavy (non-hydrogen) atoms. The van der Waals surface area contributed by atoms with Crippen LogP contribution in [-0.4, -0.2) is 36.9 Å². The largest absolute Gasteiger partial charge is 0.480 e. The summed E-state index contributed by atoms with van der Waals surface area (Å²) in [6.07, 6.45) is -0.291. The zero-order valence-electron chi connectivity index (χ0n) is 11.2. The maximum atomic E-state index is 13.6. The smallest absolute Gasteiger partial charge is 0.321 e. The highest BCUT2D eigenvalue weighted by molar-refractivity contribution is 7.89. The van der Waals surface area contributed by atoms with Gasteiger partial charge in [-0.15, -0.1) is 0 Å². The van der Waals surface area contributed by atoms with Crippen molar-refractivity contribution in [3.05, 3.63) is 29.1 Å². The van der Waals surface area contributed by atoms with Crippen molar-refractivity contribution in [3.63, 3.8) is 0 Å². The number of benzene rings is 1. The van der Waals surface area contributed by atoms with Gasteiger partial charge in [0.25, 0.3) is 0 Å². The summed E-state index contributed by atoms with van der Waals surface area (Å²) in [5.74, 6) is -14.1. The van der Waals surface area contributed by atoms with Gasteiger partial charge in [-0.1, -0.05) is 6.92 Å². The van der Waals surface area contributed by atoms with Gasteiger partial charge < -0.3 is 5.11 Å². The van der Waals surface area contributed by atoms with E-state index in [0.717, 1.165) is 0 Å².